The minimum Gasteiger partial charge on any atom is -0.456 e. The van der Waals surface area contributed by atoms with Crippen LogP contribution < -0.4 is 4.90 Å². The third kappa shape index (κ3) is 4.59. The third-order valence-electron chi connectivity index (χ3n) is 10.9. The van der Waals surface area contributed by atoms with Crippen molar-refractivity contribution in [2.75, 3.05) is 4.90 Å². The molecule has 6 aromatic carbocycles. The van der Waals surface area contributed by atoms with E-state index >= 15 is 0 Å². The number of rotatable bonds is 3. The largest absolute Gasteiger partial charge is 0.456 e. The first kappa shape index (κ1) is 31.1. The Morgan fingerprint density at radius 3 is 2.06 bits per heavy atom. The molecule has 248 valence electrons. The topological polar surface area (TPSA) is 16.4 Å². The maximum absolute atomic E-state index is 6.69. The highest BCUT2D eigenvalue weighted by Gasteiger charge is 2.36. The maximum atomic E-state index is 6.69. The number of benzene rings is 6. The van der Waals surface area contributed by atoms with E-state index in [0.29, 0.717) is 0 Å². The molecule has 0 unspecified atom stereocenters. The molecule has 0 atom stereocenters. The van der Waals surface area contributed by atoms with Gasteiger partial charge in [-0.2, -0.15) is 0 Å². The molecule has 0 spiro atoms. The number of fused-ring (bicyclic) bond motifs is 9. The van der Waals surface area contributed by atoms with E-state index in [2.05, 4.69) is 176 Å². The summed E-state index contributed by atoms with van der Waals surface area (Å²) in [6.07, 6.45) is 0. The van der Waals surface area contributed by atoms with Gasteiger partial charge in [-0.25, -0.2) is 0 Å². The number of anilines is 3. The molecule has 8 aromatic rings. The van der Waals surface area contributed by atoms with Gasteiger partial charge in [0.15, 0.2) is 0 Å². The Morgan fingerprint density at radius 2 is 1.26 bits per heavy atom. The lowest BCUT2D eigenvalue weighted by Gasteiger charge is -2.29. The fourth-order valence-corrected chi connectivity index (χ4v) is 9.39. The number of nitrogens with zero attached hydrogens (tertiary/aromatic N) is 1. The van der Waals surface area contributed by atoms with Crippen LogP contribution in [0.3, 0.4) is 0 Å². The molecule has 0 radical (unpaired) electrons. The molecule has 0 N–H and O–H groups in total. The molecule has 2 aromatic heterocycles. The lowest BCUT2D eigenvalue weighted by atomic mass is 9.79. The molecule has 1 aliphatic rings. The zero-order valence-electron chi connectivity index (χ0n) is 30.2. The third-order valence-corrected chi connectivity index (χ3v) is 12.1. The Balaban J connectivity index is 1.34. The monoisotopic (exact) mass is 669 g/mol. The van der Waals surface area contributed by atoms with Gasteiger partial charge in [0.25, 0.3) is 0 Å². The second kappa shape index (κ2) is 10.6. The first-order valence-corrected chi connectivity index (χ1v) is 18.6. The average molecular weight is 670 g/mol. The van der Waals surface area contributed by atoms with Gasteiger partial charge in [0.1, 0.15) is 11.2 Å². The van der Waals surface area contributed by atoms with E-state index < -0.39 is 0 Å². The molecule has 3 heteroatoms. The second-order valence-electron chi connectivity index (χ2n) is 16.7. The summed E-state index contributed by atoms with van der Waals surface area (Å²) in [5.41, 5.74) is 13.2. The summed E-state index contributed by atoms with van der Waals surface area (Å²) in [5, 5.41) is 4.95. The maximum Gasteiger partial charge on any atom is 0.136 e. The van der Waals surface area contributed by atoms with Crippen LogP contribution in [0.15, 0.2) is 120 Å². The smallest absolute Gasteiger partial charge is 0.136 e. The quantitative estimate of drug-likeness (QED) is 0.186. The van der Waals surface area contributed by atoms with Crippen LogP contribution in [-0.2, 0) is 16.2 Å². The van der Waals surface area contributed by atoms with Crippen molar-refractivity contribution < 1.29 is 4.42 Å². The van der Waals surface area contributed by atoms with Crippen molar-refractivity contribution in [1.82, 2.24) is 0 Å². The van der Waals surface area contributed by atoms with E-state index in [0.717, 1.165) is 27.9 Å². The molecule has 2 nitrogen and oxygen atoms in total. The minimum absolute atomic E-state index is 0.0120. The van der Waals surface area contributed by atoms with Crippen molar-refractivity contribution in [1.29, 1.82) is 0 Å². The highest BCUT2D eigenvalue weighted by molar-refractivity contribution is 7.26. The normalized spacial score (nSPS) is 14.2. The van der Waals surface area contributed by atoms with E-state index in [4.69, 9.17) is 4.42 Å². The van der Waals surface area contributed by atoms with Crippen LogP contribution in [0.5, 0.6) is 0 Å². The number of thiophene rings is 1. The van der Waals surface area contributed by atoms with Crippen molar-refractivity contribution in [3.05, 3.63) is 138 Å². The van der Waals surface area contributed by atoms with Crippen LogP contribution in [0.1, 0.15) is 77.6 Å². The second-order valence-corrected chi connectivity index (χ2v) is 17.7. The average Bonchev–Trinajstić information content (AvgIpc) is 3.72. The van der Waals surface area contributed by atoms with Gasteiger partial charge in [-0.05, 0) is 98.8 Å². The van der Waals surface area contributed by atoms with Crippen molar-refractivity contribution >= 4 is 70.5 Å². The van der Waals surface area contributed by atoms with Gasteiger partial charge in [-0.15, -0.1) is 11.3 Å². The molecular weight excluding hydrogens is 627 g/mol. The molecule has 0 saturated carbocycles. The van der Waals surface area contributed by atoms with Crippen molar-refractivity contribution in [2.24, 2.45) is 0 Å². The summed E-state index contributed by atoms with van der Waals surface area (Å²) in [6, 6.07) is 43.1. The molecule has 1 aliphatic carbocycles. The first-order chi connectivity index (χ1) is 23.8. The summed E-state index contributed by atoms with van der Waals surface area (Å²) in [5.74, 6) is 0. The van der Waals surface area contributed by atoms with Crippen molar-refractivity contribution in [2.45, 2.75) is 71.6 Å². The Bertz CT molecular complexity index is 2650. The molecule has 0 aliphatic heterocycles. The predicted molar refractivity (Wildman–Crippen MR) is 216 cm³/mol. The number of furan rings is 1. The van der Waals surface area contributed by atoms with Gasteiger partial charge in [0.05, 0.1) is 5.69 Å². The van der Waals surface area contributed by atoms with Crippen LogP contribution in [0.25, 0.3) is 53.2 Å². The van der Waals surface area contributed by atoms with E-state index in [-0.39, 0.29) is 16.2 Å². The van der Waals surface area contributed by atoms with Crippen LogP contribution >= 0.6 is 11.3 Å². The highest BCUT2D eigenvalue weighted by Crippen LogP contribution is 2.52. The van der Waals surface area contributed by atoms with E-state index in [1.807, 2.05) is 11.3 Å². The van der Waals surface area contributed by atoms with Gasteiger partial charge in [-0.1, -0.05) is 116 Å². The SMILES string of the molecule is CC(C)(C)c1cc(C(C)(C)C)c2c(c1)oc1ccc(N(c3ccc4c(c3)C(C)(C)c3ccccc3-4)c3cccc4sc5ccccc5c34)cc12. The molecule has 2 heterocycles. The Labute approximate surface area is 299 Å². The van der Waals surface area contributed by atoms with Gasteiger partial charge >= 0.3 is 0 Å². The molecule has 9 rings (SSSR count). The first-order valence-electron chi connectivity index (χ1n) is 17.8. The Hall–Kier alpha value is -4.86. The van der Waals surface area contributed by atoms with Crippen molar-refractivity contribution in [3.63, 3.8) is 0 Å². The van der Waals surface area contributed by atoms with Gasteiger partial charge in [0.2, 0.25) is 0 Å². The summed E-state index contributed by atoms with van der Waals surface area (Å²) < 4.78 is 9.29. The fourth-order valence-electron chi connectivity index (χ4n) is 8.26. The highest BCUT2D eigenvalue weighted by atomic mass is 32.1. The lowest BCUT2D eigenvalue weighted by Crippen LogP contribution is -2.17. The lowest BCUT2D eigenvalue weighted by molar-refractivity contribution is 0.569. The van der Waals surface area contributed by atoms with Crippen LogP contribution in [0, 0.1) is 0 Å². The summed E-state index contributed by atoms with van der Waals surface area (Å²) >= 11 is 1.87. The molecule has 0 fully saturated rings. The zero-order chi connectivity index (χ0) is 34.7. The minimum atomic E-state index is -0.105. The van der Waals surface area contributed by atoms with E-state index in [9.17, 15) is 0 Å². The zero-order valence-corrected chi connectivity index (χ0v) is 31.0. The number of hydrogen-bond donors (Lipinski definition) is 0. The molecule has 0 bridgehead atoms. The molecule has 50 heavy (non-hydrogen) atoms. The van der Waals surface area contributed by atoms with Crippen LogP contribution in [-0.4, -0.2) is 0 Å². The molecular formula is C47H43NOS. The summed E-state index contributed by atoms with van der Waals surface area (Å²) in [6.45, 7) is 18.5. The number of hydrogen-bond acceptors (Lipinski definition) is 3. The Morgan fingerprint density at radius 1 is 0.560 bits per heavy atom. The van der Waals surface area contributed by atoms with Gasteiger partial charge < -0.3 is 9.32 Å². The van der Waals surface area contributed by atoms with Gasteiger partial charge in [0, 0.05) is 47.7 Å². The van der Waals surface area contributed by atoms with Crippen molar-refractivity contribution in [3.8, 4) is 11.1 Å². The van der Waals surface area contributed by atoms with Gasteiger partial charge in [-0.3, -0.25) is 0 Å². The standard InChI is InChI=1S/C47H43NOS/c1-45(2,3)28-24-37(46(4,5)6)43-34-26-29(21-23-39(34)49-40(43)25-28)48(38-17-13-19-42-44(38)33-15-10-12-18-41(33)50-42)30-20-22-32-31-14-9-11-16-35(31)47(7,8)36(32)27-30/h9-27H,1-8H3. The van der Waals surface area contributed by atoms with E-state index in [1.54, 1.807) is 0 Å². The molecule has 0 saturated heterocycles. The fraction of sp³-hybridized carbons (Fsp3) is 0.234. The predicted octanol–water partition coefficient (Wildman–Crippen LogP) is 14.3. The van der Waals surface area contributed by atoms with Crippen LogP contribution in [0.4, 0.5) is 17.1 Å². The molecule has 0 amide bonds. The summed E-state index contributed by atoms with van der Waals surface area (Å²) in [7, 11) is 0. The van der Waals surface area contributed by atoms with Crippen LogP contribution in [0.2, 0.25) is 0 Å². The van der Waals surface area contributed by atoms with E-state index in [1.165, 1.54) is 64.6 Å². The Kier molecular flexibility index (Phi) is 6.59. The summed E-state index contributed by atoms with van der Waals surface area (Å²) in [4.78, 5) is 2.49.